The summed E-state index contributed by atoms with van der Waals surface area (Å²) in [7, 11) is 0. The molecule has 0 bridgehead atoms. The molecular weight excluding hydrogens is 442 g/mol. The van der Waals surface area contributed by atoms with E-state index in [0.717, 1.165) is 42.1 Å². The molecule has 2 amide bonds. The van der Waals surface area contributed by atoms with E-state index in [2.05, 4.69) is 50.3 Å². The lowest BCUT2D eigenvalue weighted by atomic mass is 9.72. The highest BCUT2D eigenvalue weighted by Crippen LogP contribution is 2.35. The number of hydrogen-bond donors (Lipinski definition) is 3. The van der Waals surface area contributed by atoms with Gasteiger partial charge in [0.05, 0.1) is 0 Å². The SMILES string of the molecule is O=C(NCCc1ccc(Br)cc1)c1cccc(CC2NNC(=O)C3CCCCC23)c1. The normalized spacial score (nSPS) is 23.4. The molecule has 3 N–H and O–H groups in total. The van der Waals surface area contributed by atoms with E-state index in [9.17, 15) is 9.59 Å². The number of fused-ring (bicyclic) bond motifs is 1. The molecule has 0 aromatic heterocycles. The molecular formula is C24H28BrN3O2. The Kier molecular flexibility index (Phi) is 6.85. The summed E-state index contributed by atoms with van der Waals surface area (Å²) in [4.78, 5) is 24.8. The molecule has 5 nitrogen and oxygen atoms in total. The Labute approximate surface area is 186 Å². The molecule has 3 unspecified atom stereocenters. The molecule has 1 aliphatic heterocycles. The lowest BCUT2D eigenvalue weighted by molar-refractivity contribution is -0.133. The number of hydrazine groups is 1. The van der Waals surface area contributed by atoms with Gasteiger partial charge in [0.15, 0.2) is 0 Å². The monoisotopic (exact) mass is 469 g/mol. The Morgan fingerprint density at radius 3 is 2.70 bits per heavy atom. The van der Waals surface area contributed by atoms with Gasteiger partial charge in [-0.05, 0) is 67.0 Å². The molecule has 2 fully saturated rings. The van der Waals surface area contributed by atoms with Crippen LogP contribution in [-0.2, 0) is 17.6 Å². The van der Waals surface area contributed by atoms with Crippen molar-refractivity contribution < 1.29 is 9.59 Å². The van der Waals surface area contributed by atoms with E-state index in [4.69, 9.17) is 0 Å². The number of benzene rings is 2. The Morgan fingerprint density at radius 1 is 1.07 bits per heavy atom. The summed E-state index contributed by atoms with van der Waals surface area (Å²) in [5, 5.41) is 3.02. The quantitative estimate of drug-likeness (QED) is 0.602. The number of nitrogens with one attached hydrogen (secondary N) is 3. The number of hydrogen-bond acceptors (Lipinski definition) is 3. The smallest absolute Gasteiger partial charge is 0.251 e. The predicted molar refractivity (Wildman–Crippen MR) is 121 cm³/mol. The van der Waals surface area contributed by atoms with Gasteiger partial charge in [-0.1, -0.05) is 53.0 Å². The predicted octanol–water partition coefficient (Wildman–Crippen LogP) is 3.77. The van der Waals surface area contributed by atoms with Crippen molar-refractivity contribution in [1.82, 2.24) is 16.2 Å². The average Bonchev–Trinajstić information content (AvgIpc) is 2.77. The Bertz CT molecular complexity index is 900. The van der Waals surface area contributed by atoms with Crippen molar-refractivity contribution in [3.63, 3.8) is 0 Å². The van der Waals surface area contributed by atoms with Gasteiger partial charge < -0.3 is 5.32 Å². The van der Waals surface area contributed by atoms with Crippen LogP contribution < -0.4 is 16.2 Å². The summed E-state index contributed by atoms with van der Waals surface area (Å²) in [5.74, 6) is 0.579. The molecule has 1 heterocycles. The fraction of sp³-hybridized carbons (Fsp3) is 0.417. The van der Waals surface area contributed by atoms with Crippen LogP contribution in [0, 0.1) is 11.8 Å². The van der Waals surface area contributed by atoms with Crippen molar-refractivity contribution >= 4 is 27.7 Å². The first-order valence-corrected chi connectivity index (χ1v) is 11.6. The van der Waals surface area contributed by atoms with Gasteiger partial charge in [-0.2, -0.15) is 0 Å². The van der Waals surface area contributed by atoms with Crippen LogP contribution in [0.1, 0.15) is 47.2 Å². The lowest BCUT2D eigenvalue weighted by Gasteiger charge is -2.41. The summed E-state index contributed by atoms with van der Waals surface area (Å²) in [5.41, 5.74) is 9.08. The highest BCUT2D eigenvalue weighted by atomic mass is 79.9. The van der Waals surface area contributed by atoms with Crippen LogP contribution >= 0.6 is 15.9 Å². The number of halogens is 1. The topological polar surface area (TPSA) is 70.2 Å². The summed E-state index contributed by atoms with van der Waals surface area (Å²) < 4.78 is 1.05. The second-order valence-corrected chi connectivity index (χ2v) is 9.25. The maximum absolute atomic E-state index is 12.6. The molecule has 1 saturated heterocycles. The molecule has 3 atom stereocenters. The summed E-state index contributed by atoms with van der Waals surface area (Å²) in [6.07, 6.45) is 6.00. The highest BCUT2D eigenvalue weighted by molar-refractivity contribution is 9.10. The molecule has 1 saturated carbocycles. The van der Waals surface area contributed by atoms with Crippen molar-refractivity contribution in [1.29, 1.82) is 0 Å². The molecule has 1 aliphatic carbocycles. The van der Waals surface area contributed by atoms with Gasteiger partial charge in [0, 0.05) is 28.5 Å². The van der Waals surface area contributed by atoms with Gasteiger partial charge in [-0.25, -0.2) is 5.43 Å². The first-order chi connectivity index (χ1) is 14.6. The maximum Gasteiger partial charge on any atom is 0.251 e. The first-order valence-electron chi connectivity index (χ1n) is 10.8. The minimum atomic E-state index is -0.0468. The van der Waals surface area contributed by atoms with Crippen LogP contribution in [0.15, 0.2) is 53.0 Å². The minimum absolute atomic E-state index is 0.0468. The maximum atomic E-state index is 12.6. The van der Waals surface area contributed by atoms with E-state index in [0.29, 0.717) is 18.0 Å². The van der Waals surface area contributed by atoms with Gasteiger partial charge in [0.2, 0.25) is 5.91 Å². The zero-order valence-electron chi connectivity index (χ0n) is 17.0. The zero-order valence-corrected chi connectivity index (χ0v) is 18.6. The van der Waals surface area contributed by atoms with Gasteiger partial charge in [-0.3, -0.25) is 15.0 Å². The van der Waals surface area contributed by atoms with Crippen LogP contribution in [-0.4, -0.2) is 24.4 Å². The van der Waals surface area contributed by atoms with E-state index in [1.54, 1.807) is 0 Å². The Balaban J connectivity index is 1.34. The molecule has 4 rings (SSSR count). The van der Waals surface area contributed by atoms with E-state index < -0.39 is 0 Å². The molecule has 2 aromatic rings. The minimum Gasteiger partial charge on any atom is -0.352 e. The van der Waals surface area contributed by atoms with Crippen molar-refractivity contribution in [2.75, 3.05) is 6.54 Å². The lowest BCUT2D eigenvalue weighted by Crippen LogP contribution is -2.60. The molecule has 2 aliphatic rings. The van der Waals surface area contributed by atoms with Gasteiger partial charge in [-0.15, -0.1) is 0 Å². The van der Waals surface area contributed by atoms with Crippen LogP contribution in [0.3, 0.4) is 0 Å². The van der Waals surface area contributed by atoms with Crippen molar-refractivity contribution in [2.24, 2.45) is 11.8 Å². The van der Waals surface area contributed by atoms with Crippen LogP contribution in [0.5, 0.6) is 0 Å². The standard InChI is InChI=1S/C24H28BrN3O2/c25-19-10-8-16(9-11-19)12-13-26-23(29)18-5-3-4-17(14-18)15-22-20-6-1-2-7-21(20)24(30)28-27-22/h3-5,8-11,14,20-22,27H,1-2,6-7,12-13,15H2,(H,26,29)(H,28,30). The molecule has 158 valence electrons. The first kappa shape index (κ1) is 21.1. The third-order valence-electron chi connectivity index (χ3n) is 6.31. The fourth-order valence-corrected chi connectivity index (χ4v) is 4.96. The van der Waals surface area contributed by atoms with Crippen LogP contribution in [0.4, 0.5) is 0 Å². The molecule has 0 radical (unpaired) electrons. The molecule has 30 heavy (non-hydrogen) atoms. The average molecular weight is 470 g/mol. The van der Waals surface area contributed by atoms with E-state index in [1.165, 1.54) is 12.0 Å². The van der Waals surface area contributed by atoms with E-state index >= 15 is 0 Å². The second-order valence-electron chi connectivity index (χ2n) is 8.33. The second kappa shape index (κ2) is 9.75. The Morgan fingerprint density at radius 2 is 1.87 bits per heavy atom. The Hall–Kier alpha value is -2.18. The number of amides is 2. The third kappa shape index (κ3) is 5.10. The van der Waals surface area contributed by atoms with Crippen LogP contribution in [0.25, 0.3) is 0 Å². The molecule has 6 heteroatoms. The summed E-state index contributed by atoms with van der Waals surface area (Å²) >= 11 is 3.44. The zero-order chi connectivity index (χ0) is 20.9. The fourth-order valence-electron chi connectivity index (χ4n) is 4.70. The summed E-state index contributed by atoms with van der Waals surface area (Å²) in [6, 6.07) is 16.2. The number of rotatable bonds is 6. The molecule has 2 aromatic carbocycles. The van der Waals surface area contributed by atoms with Crippen LogP contribution in [0.2, 0.25) is 0 Å². The van der Waals surface area contributed by atoms with Gasteiger partial charge in [0.1, 0.15) is 0 Å². The number of carbonyl (C=O) groups is 2. The highest BCUT2D eigenvalue weighted by Gasteiger charge is 2.39. The van der Waals surface area contributed by atoms with Crippen molar-refractivity contribution in [3.05, 3.63) is 69.7 Å². The van der Waals surface area contributed by atoms with Crippen molar-refractivity contribution in [2.45, 2.75) is 44.6 Å². The third-order valence-corrected chi connectivity index (χ3v) is 6.84. The van der Waals surface area contributed by atoms with E-state index in [-0.39, 0.29) is 23.8 Å². The van der Waals surface area contributed by atoms with Gasteiger partial charge in [0.25, 0.3) is 5.91 Å². The number of carbonyl (C=O) groups excluding carboxylic acids is 2. The summed E-state index contributed by atoms with van der Waals surface area (Å²) in [6.45, 7) is 0.602. The van der Waals surface area contributed by atoms with Gasteiger partial charge >= 0.3 is 0 Å². The van der Waals surface area contributed by atoms with Crippen molar-refractivity contribution in [3.8, 4) is 0 Å². The molecule has 0 spiro atoms. The largest absolute Gasteiger partial charge is 0.352 e. The van der Waals surface area contributed by atoms with E-state index in [1.807, 2.05) is 30.3 Å².